The maximum atomic E-state index is 13.3. The van der Waals surface area contributed by atoms with Crippen molar-refractivity contribution in [2.24, 2.45) is 0 Å². The Morgan fingerprint density at radius 1 is 1.41 bits per heavy atom. The molecule has 1 aliphatic heterocycles. The van der Waals surface area contributed by atoms with Crippen LogP contribution in [0, 0.1) is 5.82 Å². The molecule has 17 heavy (non-hydrogen) atoms. The molecule has 0 spiro atoms. The molecule has 1 amide bonds. The van der Waals surface area contributed by atoms with Crippen molar-refractivity contribution in [1.29, 1.82) is 0 Å². The van der Waals surface area contributed by atoms with Crippen LogP contribution < -0.4 is 5.32 Å². The van der Waals surface area contributed by atoms with Gasteiger partial charge in [-0.25, -0.2) is 4.39 Å². The third-order valence-corrected chi connectivity index (χ3v) is 3.38. The highest BCUT2D eigenvalue weighted by molar-refractivity contribution is 9.10. The summed E-state index contributed by atoms with van der Waals surface area (Å²) >= 11 is 3.05. The minimum atomic E-state index is -0.426. The van der Waals surface area contributed by atoms with Gasteiger partial charge < -0.3 is 10.1 Å². The average molecular weight is 302 g/mol. The number of amides is 1. The highest BCUT2D eigenvalue weighted by atomic mass is 79.9. The van der Waals surface area contributed by atoms with E-state index in [1.807, 2.05) is 0 Å². The van der Waals surface area contributed by atoms with Crippen molar-refractivity contribution in [3.05, 3.63) is 34.1 Å². The van der Waals surface area contributed by atoms with Crippen molar-refractivity contribution < 1.29 is 13.9 Å². The first-order chi connectivity index (χ1) is 8.16. The number of hydrogen-bond acceptors (Lipinski definition) is 2. The van der Waals surface area contributed by atoms with Gasteiger partial charge in [0.15, 0.2) is 0 Å². The molecule has 0 aliphatic carbocycles. The van der Waals surface area contributed by atoms with Crippen molar-refractivity contribution >= 4 is 21.8 Å². The topological polar surface area (TPSA) is 38.3 Å². The summed E-state index contributed by atoms with van der Waals surface area (Å²) in [4.78, 5) is 11.8. The molecule has 1 N–H and O–H groups in total. The SMILES string of the molecule is O=C(NC1CCOCC1)c1ccc(Br)c(F)c1. The van der Waals surface area contributed by atoms with E-state index in [2.05, 4.69) is 21.2 Å². The van der Waals surface area contributed by atoms with Gasteiger partial charge in [0.05, 0.1) is 4.47 Å². The number of rotatable bonds is 2. The number of carbonyl (C=O) groups is 1. The summed E-state index contributed by atoms with van der Waals surface area (Å²) in [5.74, 6) is -0.659. The maximum Gasteiger partial charge on any atom is 0.251 e. The summed E-state index contributed by atoms with van der Waals surface area (Å²) in [6, 6.07) is 4.50. The molecule has 3 nitrogen and oxygen atoms in total. The quantitative estimate of drug-likeness (QED) is 0.911. The highest BCUT2D eigenvalue weighted by Crippen LogP contribution is 2.16. The van der Waals surface area contributed by atoms with E-state index in [1.54, 1.807) is 6.07 Å². The summed E-state index contributed by atoms with van der Waals surface area (Å²) in [7, 11) is 0. The molecule has 1 aromatic carbocycles. The van der Waals surface area contributed by atoms with Gasteiger partial charge in [-0.15, -0.1) is 0 Å². The Labute approximate surface area is 107 Å². The summed E-state index contributed by atoms with van der Waals surface area (Å²) < 4.78 is 18.8. The molecule has 2 rings (SSSR count). The molecule has 0 saturated carbocycles. The van der Waals surface area contributed by atoms with Gasteiger partial charge in [-0.3, -0.25) is 4.79 Å². The van der Waals surface area contributed by atoms with Crippen LogP contribution in [0.4, 0.5) is 4.39 Å². The first-order valence-corrected chi connectivity index (χ1v) is 6.30. The van der Waals surface area contributed by atoms with Crippen LogP contribution in [-0.4, -0.2) is 25.2 Å². The van der Waals surface area contributed by atoms with Gasteiger partial charge in [0.2, 0.25) is 0 Å². The predicted molar refractivity (Wildman–Crippen MR) is 65.4 cm³/mol. The van der Waals surface area contributed by atoms with Gasteiger partial charge in [0.25, 0.3) is 5.91 Å². The van der Waals surface area contributed by atoms with E-state index >= 15 is 0 Å². The second-order valence-corrected chi connectivity index (χ2v) is 4.84. The number of hydrogen-bond donors (Lipinski definition) is 1. The van der Waals surface area contributed by atoms with E-state index < -0.39 is 5.82 Å². The maximum absolute atomic E-state index is 13.3. The lowest BCUT2D eigenvalue weighted by molar-refractivity contribution is 0.0696. The number of benzene rings is 1. The second-order valence-electron chi connectivity index (χ2n) is 3.99. The van der Waals surface area contributed by atoms with Crippen LogP contribution >= 0.6 is 15.9 Å². The fourth-order valence-electron chi connectivity index (χ4n) is 1.75. The first-order valence-electron chi connectivity index (χ1n) is 5.50. The van der Waals surface area contributed by atoms with Crippen LogP contribution in [0.15, 0.2) is 22.7 Å². The zero-order chi connectivity index (χ0) is 12.3. The molecule has 0 aromatic heterocycles. The Morgan fingerprint density at radius 2 is 2.12 bits per heavy atom. The minimum absolute atomic E-state index is 0.128. The van der Waals surface area contributed by atoms with E-state index in [1.165, 1.54) is 12.1 Å². The molecular weight excluding hydrogens is 289 g/mol. The molecule has 1 heterocycles. The van der Waals surface area contributed by atoms with Crippen LogP contribution in [0.5, 0.6) is 0 Å². The fourth-order valence-corrected chi connectivity index (χ4v) is 1.99. The molecular formula is C12H13BrFNO2. The predicted octanol–water partition coefficient (Wildman–Crippen LogP) is 2.50. The van der Waals surface area contributed by atoms with Gasteiger partial charge in [-0.2, -0.15) is 0 Å². The van der Waals surface area contributed by atoms with Gasteiger partial charge >= 0.3 is 0 Å². The molecule has 1 fully saturated rings. The van der Waals surface area contributed by atoms with Crippen molar-refractivity contribution in [1.82, 2.24) is 5.32 Å². The Bertz CT molecular complexity index is 419. The fraction of sp³-hybridized carbons (Fsp3) is 0.417. The van der Waals surface area contributed by atoms with E-state index in [-0.39, 0.29) is 11.9 Å². The molecule has 0 radical (unpaired) electrons. The standard InChI is InChI=1S/C12H13BrFNO2/c13-10-2-1-8(7-11(10)14)12(16)15-9-3-5-17-6-4-9/h1-2,7,9H,3-6H2,(H,15,16). The molecule has 1 saturated heterocycles. The molecule has 1 aliphatic rings. The molecule has 0 unspecified atom stereocenters. The van der Waals surface area contributed by atoms with E-state index in [9.17, 15) is 9.18 Å². The highest BCUT2D eigenvalue weighted by Gasteiger charge is 2.17. The third kappa shape index (κ3) is 3.26. The summed E-state index contributed by atoms with van der Waals surface area (Å²) in [6.07, 6.45) is 1.62. The molecule has 1 aromatic rings. The van der Waals surface area contributed by atoms with Crippen LogP contribution in [0.2, 0.25) is 0 Å². The molecule has 0 atom stereocenters. The van der Waals surface area contributed by atoms with Gasteiger partial charge in [-0.1, -0.05) is 0 Å². The third-order valence-electron chi connectivity index (χ3n) is 2.74. The molecule has 0 bridgehead atoms. The van der Waals surface area contributed by atoms with E-state index in [4.69, 9.17) is 4.74 Å². The average Bonchev–Trinajstić information content (AvgIpc) is 2.34. The second kappa shape index (κ2) is 5.60. The minimum Gasteiger partial charge on any atom is -0.381 e. The zero-order valence-electron chi connectivity index (χ0n) is 9.21. The smallest absolute Gasteiger partial charge is 0.251 e. The molecule has 5 heteroatoms. The van der Waals surface area contributed by atoms with Crippen molar-refractivity contribution in [3.63, 3.8) is 0 Å². The number of nitrogens with one attached hydrogen (secondary N) is 1. The van der Waals surface area contributed by atoms with Crippen molar-refractivity contribution in [3.8, 4) is 0 Å². The number of carbonyl (C=O) groups excluding carboxylic acids is 1. The monoisotopic (exact) mass is 301 g/mol. The van der Waals surface area contributed by atoms with Crippen molar-refractivity contribution in [2.75, 3.05) is 13.2 Å². The molecule has 92 valence electrons. The lowest BCUT2D eigenvalue weighted by Gasteiger charge is -2.23. The summed E-state index contributed by atoms with van der Waals surface area (Å²) in [5.41, 5.74) is 0.345. The van der Waals surface area contributed by atoms with Gasteiger partial charge in [-0.05, 0) is 47.0 Å². The van der Waals surface area contributed by atoms with E-state index in [0.29, 0.717) is 23.2 Å². The summed E-state index contributed by atoms with van der Waals surface area (Å²) in [5, 5.41) is 2.88. The Balaban J connectivity index is 2.01. The van der Waals surface area contributed by atoms with Crippen molar-refractivity contribution in [2.45, 2.75) is 18.9 Å². The lowest BCUT2D eigenvalue weighted by Crippen LogP contribution is -2.38. The van der Waals surface area contributed by atoms with Crippen LogP contribution in [0.1, 0.15) is 23.2 Å². The van der Waals surface area contributed by atoms with Crippen LogP contribution in [0.3, 0.4) is 0 Å². The zero-order valence-corrected chi connectivity index (χ0v) is 10.8. The largest absolute Gasteiger partial charge is 0.381 e. The first kappa shape index (κ1) is 12.5. The Hall–Kier alpha value is -0.940. The summed E-state index contributed by atoms with van der Waals surface area (Å²) in [6.45, 7) is 1.33. The number of ether oxygens (including phenoxy) is 1. The number of halogens is 2. The normalized spacial score (nSPS) is 16.8. The van der Waals surface area contributed by atoms with E-state index in [0.717, 1.165) is 12.8 Å². The van der Waals surface area contributed by atoms with Gasteiger partial charge in [0, 0.05) is 24.8 Å². The van der Waals surface area contributed by atoms with Crippen LogP contribution in [-0.2, 0) is 4.74 Å². The Morgan fingerprint density at radius 3 is 2.76 bits per heavy atom. The lowest BCUT2D eigenvalue weighted by atomic mass is 10.1. The van der Waals surface area contributed by atoms with Crippen LogP contribution in [0.25, 0.3) is 0 Å². The Kier molecular flexibility index (Phi) is 4.12. The van der Waals surface area contributed by atoms with Gasteiger partial charge in [0.1, 0.15) is 5.82 Å².